The molecule has 1 fully saturated rings. The van der Waals surface area contributed by atoms with Crippen LogP contribution >= 0.6 is 0 Å². The van der Waals surface area contributed by atoms with Crippen molar-refractivity contribution in [2.75, 3.05) is 20.6 Å². The van der Waals surface area contributed by atoms with Gasteiger partial charge in [-0.05, 0) is 62.0 Å². The lowest BCUT2D eigenvalue weighted by atomic mass is 10.1. The molecule has 1 aromatic heterocycles. The highest BCUT2D eigenvalue weighted by molar-refractivity contribution is 5.82. The lowest BCUT2D eigenvalue weighted by molar-refractivity contribution is 0.239. The third kappa shape index (κ3) is 3.76. The number of likely N-dealkylation sites (tertiary alicyclic amines) is 1. The molecule has 134 valence electrons. The van der Waals surface area contributed by atoms with Crippen LogP contribution in [0.15, 0.2) is 54.7 Å². The molecule has 2 heterocycles. The van der Waals surface area contributed by atoms with Gasteiger partial charge in [-0.1, -0.05) is 36.4 Å². The molecule has 4 nitrogen and oxygen atoms in total. The molecule has 0 unspecified atom stereocenters. The maximum atomic E-state index is 4.84. The molecule has 1 atom stereocenters. The lowest BCUT2D eigenvalue weighted by Crippen LogP contribution is -2.25. The molecule has 26 heavy (non-hydrogen) atoms. The van der Waals surface area contributed by atoms with Crippen molar-refractivity contribution in [2.24, 2.45) is 0 Å². The minimum atomic E-state index is 0.323. The van der Waals surface area contributed by atoms with Gasteiger partial charge in [0.25, 0.3) is 0 Å². The Morgan fingerprint density at radius 3 is 2.77 bits per heavy atom. The Morgan fingerprint density at radius 2 is 1.92 bits per heavy atom. The second kappa shape index (κ2) is 7.52. The van der Waals surface area contributed by atoms with Crippen molar-refractivity contribution >= 4 is 10.8 Å². The molecule has 4 rings (SSSR count). The van der Waals surface area contributed by atoms with Crippen molar-refractivity contribution < 1.29 is 0 Å². The highest BCUT2D eigenvalue weighted by atomic mass is 15.2. The van der Waals surface area contributed by atoms with Gasteiger partial charge in [0.1, 0.15) is 5.82 Å². The normalized spacial score (nSPS) is 18.0. The van der Waals surface area contributed by atoms with Gasteiger partial charge < -0.3 is 4.90 Å². The van der Waals surface area contributed by atoms with E-state index in [4.69, 9.17) is 4.98 Å². The van der Waals surface area contributed by atoms with Gasteiger partial charge in [0.15, 0.2) is 0 Å². The molecule has 0 N–H and O–H groups in total. The first kappa shape index (κ1) is 17.1. The molecule has 1 aliphatic rings. The van der Waals surface area contributed by atoms with Gasteiger partial charge in [-0.3, -0.25) is 4.90 Å². The molecule has 0 spiro atoms. The third-order valence-electron chi connectivity index (χ3n) is 5.07. The molecule has 0 aliphatic carbocycles. The maximum Gasteiger partial charge on any atom is 0.145 e. The summed E-state index contributed by atoms with van der Waals surface area (Å²) in [5.74, 6) is 0.975. The summed E-state index contributed by atoms with van der Waals surface area (Å²) in [6, 6.07) is 17.7. The SMILES string of the molecule is CN(C)Cc1ccnc([C@@H]2CCCN2Cc2ccc3ccccc3c2)n1. The summed E-state index contributed by atoms with van der Waals surface area (Å²) in [6.45, 7) is 2.92. The van der Waals surface area contributed by atoms with E-state index in [9.17, 15) is 0 Å². The molecule has 1 aliphatic heterocycles. The topological polar surface area (TPSA) is 32.3 Å². The van der Waals surface area contributed by atoms with E-state index in [0.717, 1.165) is 37.6 Å². The summed E-state index contributed by atoms with van der Waals surface area (Å²) < 4.78 is 0. The van der Waals surface area contributed by atoms with E-state index in [1.165, 1.54) is 22.8 Å². The molecule has 3 aromatic rings. The Hall–Kier alpha value is -2.30. The fraction of sp³-hybridized carbons (Fsp3) is 0.364. The molecule has 0 amide bonds. The maximum absolute atomic E-state index is 4.84. The quantitative estimate of drug-likeness (QED) is 0.698. The van der Waals surface area contributed by atoms with Crippen molar-refractivity contribution in [3.8, 4) is 0 Å². The molecule has 1 saturated heterocycles. The summed E-state index contributed by atoms with van der Waals surface area (Å²) >= 11 is 0. The smallest absolute Gasteiger partial charge is 0.145 e. The second-order valence-corrected chi connectivity index (χ2v) is 7.45. The van der Waals surface area contributed by atoms with Crippen LogP contribution < -0.4 is 0 Å². The van der Waals surface area contributed by atoms with Crippen molar-refractivity contribution in [3.63, 3.8) is 0 Å². The average molecular weight is 346 g/mol. The first-order chi connectivity index (χ1) is 12.7. The number of nitrogens with zero attached hydrogens (tertiary/aromatic N) is 4. The van der Waals surface area contributed by atoms with E-state index < -0.39 is 0 Å². The predicted molar refractivity (Wildman–Crippen MR) is 106 cm³/mol. The van der Waals surface area contributed by atoms with Gasteiger partial charge in [-0.2, -0.15) is 0 Å². The van der Waals surface area contributed by atoms with Crippen LogP contribution in [0.3, 0.4) is 0 Å². The van der Waals surface area contributed by atoms with Gasteiger partial charge in [0, 0.05) is 19.3 Å². The van der Waals surface area contributed by atoms with Gasteiger partial charge in [-0.25, -0.2) is 9.97 Å². The molecule has 4 heteroatoms. The van der Waals surface area contributed by atoms with E-state index in [-0.39, 0.29) is 0 Å². The minimum Gasteiger partial charge on any atom is -0.304 e. The van der Waals surface area contributed by atoms with E-state index in [0.29, 0.717) is 6.04 Å². The number of hydrogen-bond donors (Lipinski definition) is 0. The zero-order valence-electron chi connectivity index (χ0n) is 15.6. The number of fused-ring (bicyclic) bond motifs is 1. The first-order valence-corrected chi connectivity index (χ1v) is 9.37. The highest BCUT2D eigenvalue weighted by Gasteiger charge is 2.28. The standard InChI is InChI=1S/C22H26N4/c1-25(2)16-20-11-12-23-22(24-20)21-8-5-13-26(21)15-17-9-10-18-6-3-4-7-19(18)14-17/h3-4,6-7,9-12,14,21H,5,8,13,15-16H2,1-2H3/t21-/m0/s1. The molecule has 0 saturated carbocycles. The van der Waals surface area contributed by atoms with Crippen molar-refractivity contribution in [2.45, 2.75) is 32.0 Å². The molecular weight excluding hydrogens is 320 g/mol. The van der Waals surface area contributed by atoms with Crippen LogP contribution in [-0.4, -0.2) is 40.4 Å². The Bertz CT molecular complexity index is 890. The number of aromatic nitrogens is 2. The van der Waals surface area contributed by atoms with Gasteiger partial charge in [-0.15, -0.1) is 0 Å². The Morgan fingerprint density at radius 1 is 1.08 bits per heavy atom. The fourth-order valence-corrected chi connectivity index (χ4v) is 3.86. The molecule has 2 aromatic carbocycles. The fourth-order valence-electron chi connectivity index (χ4n) is 3.86. The van der Waals surface area contributed by atoms with E-state index in [1.54, 1.807) is 0 Å². The Balaban J connectivity index is 1.54. The summed E-state index contributed by atoms with van der Waals surface area (Å²) in [5, 5.41) is 2.61. The Labute approximate surface area is 155 Å². The first-order valence-electron chi connectivity index (χ1n) is 9.37. The molecule has 0 radical (unpaired) electrons. The van der Waals surface area contributed by atoms with E-state index >= 15 is 0 Å². The van der Waals surface area contributed by atoms with Crippen LogP contribution in [0.4, 0.5) is 0 Å². The highest BCUT2D eigenvalue weighted by Crippen LogP contribution is 2.31. The average Bonchev–Trinajstić information content (AvgIpc) is 3.09. The van der Waals surface area contributed by atoms with Gasteiger partial charge in [0.2, 0.25) is 0 Å². The van der Waals surface area contributed by atoms with Crippen molar-refractivity contribution in [1.82, 2.24) is 19.8 Å². The number of hydrogen-bond acceptors (Lipinski definition) is 4. The zero-order valence-corrected chi connectivity index (χ0v) is 15.6. The van der Waals surface area contributed by atoms with Crippen LogP contribution in [0, 0.1) is 0 Å². The summed E-state index contributed by atoms with van der Waals surface area (Å²) in [7, 11) is 4.15. The van der Waals surface area contributed by atoms with Gasteiger partial charge in [0.05, 0.1) is 11.7 Å². The summed E-state index contributed by atoms with van der Waals surface area (Å²) in [6.07, 6.45) is 4.26. The zero-order chi connectivity index (χ0) is 17.9. The monoisotopic (exact) mass is 346 g/mol. The van der Waals surface area contributed by atoms with Crippen LogP contribution in [0.1, 0.15) is 36.0 Å². The molecular formula is C22H26N4. The van der Waals surface area contributed by atoms with Crippen molar-refractivity contribution in [3.05, 3.63) is 71.8 Å². The van der Waals surface area contributed by atoms with Gasteiger partial charge >= 0.3 is 0 Å². The van der Waals surface area contributed by atoms with E-state index in [2.05, 4.69) is 71.3 Å². The second-order valence-electron chi connectivity index (χ2n) is 7.45. The van der Waals surface area contributed by atoms with Crippen LogP contribution in [-0.2, 0) is 13.1 Å². The van der Waals surface area contributed by atoms with Crippen molar-refractivity contribution in [1.29, 1.82) is 0 Å². The van der Waals surface area contributed by atoms with Crippen LogP contribution in [0.25, 0.3) is 10.8 Å². The number of benzene rings is 2. The molecule has 0 bridgehead atoms. The largest absolute Gasteiger partial charge is 0.304 e. The summed E-state index contributed by atoms with van der Waals surface area (Å²) in [4.78, 5) is 14.1. The van der Waals surface area contributed by atoms with Crippen LogP contribution in [0.2, 0.25) is 0 Å². The predicted octanol–water partition coefficient (Wildman–Crippen LogP) is 4.03. The third-order valence-corrected chi connectivity index (χ3v) is 5.07. The Kier molecular flexibility index (Phi) is 4.96. The lowest BCUT2D eigenvalue weighted by Gasteiger charge is -2.24. The van der Waals surface area contributed by atoms with E-state index in [1.807, 2.05) is 12.3 Å². The number of rotatable bonds is 5. The van der Waals surface area contributed by atoms with Crippen LogP contribution in [0.5, 0.6) is 0 Å². The summed E-state index contributed by atoms with van der Waals surface area (Å²) in [5.41, 5.74) is 2.46. The minimum absolute atomic E-state index is 0.323.